The van der Waals surface area contributed by atoms with Crippen molar-refractivity contribution >= 4 is 28.7 Å². The first-order valence-electron chi connectivity index (χ1n) is 7.67. The van der Waals surface area contributed by atoms with Gasteiger partial charge in [0, 0.05) is 5.69 Å². The molecule has 0 fully saturated rings. The average Bonchev–Trinajstić information content (AvgIpc) is 2.60. The predicted octanol–water partition coefficient (Wildman–Crippen LogP) is 5.23. The van der Waals surface area contributed by atoms with Gasteiger partial charge in [-0.05, 0) is 48.0 Å². The van der Waals surface area contributed by atoms with Crippen LogP contribution in [0.1, 0.15) is 11.1 Å². The highest BCUT2D eigenvalue weighted by atomic mass is 32.1. The van der Waals surface area contributed by atoms with Crippen molar-refractivity contribution in [3.63, 3.8) is 0 Å². The summed E-state index contributed by atoms with van der Waals surface area (Å²) in [6, 6.07) is 24.6. The number of halogens is 1. The molecule has 0 aliphatic carbocycles. The van der Waals surface area contributed by atoms with E-state index in [-0.39, 0.29) is 5.82 Å². The van der Waals surface area contributed by atoms with Crippen LogP contribution in [0.4, 0.5) is 15.8 Å². The van der Waals surface area contributed by atoms with Crippen LogP contribution >= 0.6 is 12.2 Å². The summed E-state index contributed by atoms with van der Waals surface area (Å²) in [4.78, 5) is 0. The lowest BCUT2D eigenvalue weighted by molar-refractivity contribution is 0.632. The third kappa shape index (κ3) is 4.18. The van der Waals surface area contributed by atoms with Gasteiger partial charge in [0.2, 0.25) is 0 Å². The molecule has 0 unspecified atom stereocenters. The van der Waals surface area contributed by atoms with Crippen LogP contribution in [-0.2, 0) is 6.42 Å². The van der Waals surface area contributed by atoms with E-state index in [1.165, 1.54) is 11.6 Å². The minimum Gasteiger partial charge on any atom is -0.332 e. The minimum absolute atomic E-state index is 0.334. The Balaban J connectivity index is 1.73. The zero-order chi connectivity index (χ0) is 16.8. The number of nitrogens with one attached hydrogen (secondary N) is 2. The SMILES string of the molecule is Fc1ccccc1NC(=S)Nc1ccccc1Cc1ccccc1. The number of thiocarbonyl (C=S) groups is 1. The highest BCUT2D eigenvalue weighted by Crippen LogP contribution is 2.20. The Labute approximate surface area is 146 Å². The van der Waals surface area contributed by atoms with Gasteiger partial charge in [0.1, 0.15) is 5.82 Å². The molecule has 0 aromatic heterocycles. The Morgan fingerprint density at radius 3 is 2.08 bits per heavy atom. The van der Waals surface area contributed by atoms with Crippen LogP contribution in [0.25, 0.3) is 0 Å². The average molecular weight is 336 g/mol. The zero-order valence-electron chi connectivity index (χ0n) is 13.0. The van der Waals surface area contributed by atoms with Crippen LogP contribution in [-0.4, -0.2) is 5.11 Å². The number of rotatable bonds is 4. The van der Waals surface area contributed by atoms with Crippen molar-refractivity contribution in [1.82, 2.24) is 0 Å². The maximum Gasteiger partial charge on any atom is 0.175 e. The van der Waals surface area contributed by atoms with Crippen molar-refractivity contribution in [3.05, 3.63) is 95.8 Å². The molecule has 0 spiro atoms. The second kappa shape index (κ2) is 7.70. The molecule has 0 saturated carbocycles. The molecular formula is C20H17FN2S. The molecule has 0 amide bonds. The molecule has 3 aromatic carbocycles. The van der Waals surface area contributed by atoms with Crippen LogP contribution < -0.4 is 10.6 Å². The maximum atomic E-state index is 13.7. The molecular weight excluding hydrogens is 319 g/mol. The summed E-state index contributed by atoms with van der Waals surface area (Å²) in [5.41, 5.74) is 3.62. The van der Waals surface area contributed by atoms with E-state index in [4.69, 9.17) is 12.2 Å². The standard InChI is InChI=1S/C20H17FN2S/c21-17-11-5-7-13-19(17)23-20(24)22-18-12-6-4-10-16(18)14-15-8-2-1-3-9-15/h1-13H,14H2,(H2,22,23,24). The molecule has 120 valence electrons. The summed E-state index contributed by atoms with van der Waals surface area (Å²) in [6.07, 6.45) is 0.798. The minimum atomic E-state index is -0.334. The highest BCUT2D eigenvalue weighted by Gasteiger charge is 2.07. The van der Waals surface area contributed by atoms with Gasteiger partial charge in [0.15, 0.2) is 5.11 Å². The Kier molecular flexibility index (Phi) is 5.18. The molecule has 2 N–H and O–H groups in total. The first-order chi connectivity index (χ1) is 11.7. The van der Waals surface area contributed by atoms with Gasteiger partial charge in [-0.3, -0.25) is 0 Å². The first kappa shape index (κ1) is 16.1. The third-order valence-electron chi connectivity index (χ3n) is 3.63. The van der Waals surface area contributed by atoms with Crippen LogP contribution in [0.2, 0.25) is 0 Å². The second-order valence-corrected chi connectivity index (χ2v) is 5.79. The fourth-order valence-electron chi connectivity index (χ4n) is 2.45. The van der Waals surface area contributed by atoms with Crippen molar-refractivity contribution < 1.29 is 4.39 Å². The van der Waals surface area contributed by atoms with Gasteiger partial charge >= 0.3 is 0 Å². The van der Waals surface area contributed by atoms with Gasteiger partial charge in [0.05, 0.1) is 5.69 Å². The molecule has 0 saturated heterocycles. The normalized spacial score (nSPS) is 10.2. The second-order valence-electron chi connectivity index (χ2n) is 5.38. The molecule has 0 heterocycles. The summed E-state index contributed by atoms with van der Waals surface area (Å²) in [5, 5.41) is 6.42. The van der Waals surface area contributed by atoms with Crippen molar-refractivity contribution in [2.45, 2.75) is 6.42 Å². The number of anilines is 2. The van der Waals surface area contributed by atoms with E-state index in [1.807, 2.05) is 36.4 Å². The van der Waals surface area contributed by atoms with Gasteiger partial charge in [-0.25, -0.2) is 4.39 Å². The number of hydrogen-bond acceptors (Lipinski definition) is 1. The molecule has 3 aromatic rings. The quantitative estimate of drug-likeness (QED) is 0.638. The van der Waals surface area contributed by atoms with E-state index in [2.05, 4.69) is 28.8 Å². The van der Waals surface area contributed by atoms with E-state index >= 15 is 0 Å². The molecule has 0 bridgehead atoms. The molecule has 0 aliphatic rings. The van der Waals surface area contributed by atoms with Gasteiger partial charge in [0.25, 0.3) is 0 Å². The predicted molar refractivity (Wildman–Crippen MR) is 102 cm³/mol. The van der Waals surface area contributed by atoms with Gasteiger partial charge < -0.3 is 10.6 Å². The number of hydrogen-bond donors (Lipinski definition) is 2. The molecule has 0 radical (unpaired) electrons. The van der Waals surface area contributed by atoms with Crippen molar-refractivity contribution in [2.24, 2.45) is 0 Å². The summed E-state index contributed by atoms with van der Waals surface area (Å²) < 4.78 is 13.7. The monoisotopic (exact) mass is 336 g/mol. The van der Waals surface area contributed by atoms with Gasteiger partial charge in [-0.15, -0.1) is 0 Å². The van der Waals surface area contributed by atoms with Gasteiger partial charge in [-0.2, -0.15) is 0 Å². The Morgan fingerprint density at radius 2 is 1.33 bits per heavy atom. The van der Waals surface area contributed by atoms with E-state index in [0.717, 1.165) is 17.7 Å². The van der Waals surface area contributed by atoms with Crippen LogP contribution in [0, 0.1) is 5.82 Å². The molecule has 24 heavy (non-hydrogen) atoms. The Morgan fingerprint density at radius 1 is 0.750 bits per heavy atom. The van der Waals surface area contributed by atoms with Crippen molar-refractivity contribution in [2.75, 3.05) is 10.6 Å². The third-order valence-corrected chi connectivity index (χ3v) is 3.83. The molecule has 4 heteroatoms. The summed E-state index contributed by atoms with van der Waals surface area (Å²) >= 11 is 5.31. The van der Waals surface area contributed by atoms with Crippen LogP contribution in [0.3, 0.4) is 0 Å². The van der Waals surface area contributed by atoms with Crippen LogP contribution in [0.5, 0.6) is 0 Å². The topological polar surface area (TPSA) is 24.1 Å². The lowest BCUT2D eigenvalue weighted by atomic mass is 10.0. The molecule has 0 aliphatic heterocycles. The number of para-hydroxylation sites is 2. The molecule has 3 rings (SSSR count). The summed E-state index contributed by atoms with van der Waals surface area (Å²) in [5.74, 6) is -0.334. The van der Waals surface area contributed by atoms with Crippen LogP contribution in [0.15, 0.2) is 78.9 Å². The summed E-state index contributed by atoms with van der Waals surface area (Å²) in [6.45, 7) is 0. The van der Waals surface area contributed by atoms with E-state index in [1.54, 1.807) is 18.2 Å². The lowest BCUT2D eigenvalue weighted by Gasteiger charge is -2.14. The maximum absolute atomic E-state index is 13.7. The van der Waals surface area contributed by atoms with Gasteiger partial charge in [-0.1, -0.05) is 60.7 Å². The number of benzene rings is 3. The van der Waals surface area contributed by atoms with Crippen molar-refractivity contribution in [1.29, 1.82) is 0 Å². The summed E-state index contributed by atoms with van der Waals surface area (Å²) in [7, 11) is 0. The largest absolute Gasteiger partial charge is 0.332 e. The first-order valence-corrected chi connectivity index (χ1v) is 8.07. The van der Waals surface area contributed by atoms with E-state index in [9.17, 15) is 4.39 Å². The van der Waals surface area contributed by atoms with E-state index in [0.29, 0.717) is 10.8 Å². The zero-order valence-corrected chi connectivity index (χ0v) is 13.8. The molecule has 0 atom stereocenters. The van der Waals surface area contributed by atoms with Crippen molar-refractivity contribution in [3.8, 4) is 0 Å². The lowest BCUT2D eigenvalue weighted by Crippen LogP contribution is -2.20. The van der Waals surface area contributed by atoms with E-state index < -0.39 is 0 Å². The Bertz CT molecular complexity index is 834. The fourth-order valence-corrected chi connectivity index (χ4v) is 2.67. The smallest absolute Gasteiger partial charge is 0.175 e. The Hall–Kier alpha value is -2.72. The highest BCUT2D eigenvalue weighted by molar-refractivity contribution is 7.80. The molecule has 2 nitrogen and oxygen atoms in total. The fraction of sp³-hybridized carbons (Fsp3) is 0.0500.